The Kier molecular flexibility index (Phi) is 3.09. The molecular formula is C13H15N5O2. The first-order chi connectivity index (χ1) is 9.66. The van der Waals surface area contributed by atoms with Crippen LogP contribution in [0.5, 0.6) is 0 Å². The molecule has 7 heteroatoms. The Labute approximate surface area is 115 Å². The summed E-state index contributed by atoms with van der Waals surface area (Å²) in [5.74, 6) is -0.0704. The van der Waals surface area contributed by atoms with Crippen LogP contribution in [0.4, 0.5) is 0 Å². The number of rotatable bonds is 1. The summed E-state index contributed by atoms with van der Waals surface area (Å²) >= 11 is 0. The van der Waals surface area contributed by atoms with Crippen LogP contribution in [0.1, 0.15) is 17.4 Å². The molecule has 3 rings (SSSR count). The van der Waals surface area contributed by atoms with Gasteiger partial charge in [0.25, 0.3) is 5.91 Å². The fraction of sp³-hybridized carbons (Fsp3) is 0.385. The number of carbonyl (C=O) groups is 2. The van der Waals surface area contributed by atoms with Crippen molar-refractivity contribution in [3.8, 4) is 0 Å². The lowest BCUT2D eigenvalue weighted by Gasteiger charge is -2.33. The van der Waals surface area contributed by atoms with E-state index >= 15 is 0 Å². The van der Waals surface area contributed by atoms with Gasteiger partial charge in [-0.2, -0.15) is 5.10 Å². The van der Waals surface area contributed by atoms with Crippen LogP contribution in [0, 0.1) is 0 Å². The fourth-order valence-electron chi connectivity index (χ4n) is 2.39. The maximum Gasteiger partial charge on any atom is 0.275 e. The minimum atomic E-state index is -0.118. The standard InChI is InChI=1S/C13H15N5O2/c1-9(19)17-4-6-18(7-5-17)13(20)12-10-8-14-3-2-11(10)15-16-12/h2-3,8H,4-7H2,1H3,(H,15,16). The first-order valence-corrected chi connectivity index (χ1v) is 6.49. The van der Waals surface area contributed by atoms with E-state index in [1.54, 1.807) is 35.2 Å². The fourth-order valence-corrected chi connectivity index (χ4v) is 2.39. The van der Waals surface area contributed by atoms with Crippen molar-refractivity contribution >= 4 is 22.7 Å². The summed E-state index contributed by atoms with van der Waals surface area (Å²) in [5, 5.41) is 7.65. The number of piperazine rings is 1. The van der Waals surface area contributed by atoms with Gasteiger partial charge in [0, 0.05) is 45.5 Å². The number of pyridine rings is 1. The van der Waals surface area contributed by atoms with E-state index in [9.17, 15) is 9.59 Å². The van der Waals surface area contributed by atoms with E-state index in [-0.39, 0.29) is 11.8 Å². The van der Waals surface area contributed by atoms with Crippen molar-refractivity contribution in [2.45, 2.75) is 6.92 Å². The van der Waals surface area contributed by atoms with Crippen molar-refractivity contribution in [3.05, 3.63) is 24.2 Å². The minimum absolute atomic E-state index is 0.0477. The van der Waals surface area contributed by atoms with Crippen LogP contribution in [0.2, 0.25) is 0 Å². The first kappa shape index (κ1) is 12.6. The lowest BCUT2D eigenvalue weighted by atomic mass is 10.2. The summed E-state index contributed by atoms with van der Waals surface area (Å²) in [4.78, 5) is 31.2. The topological polar surface area (TPSA) is 82.2 Å². The molecule has 0 spiro atoms. The van der Waals surface area contributed by atoms with Crippen molar-refractivity contribution in [3.63, 3.8) is 0 Å². The van der Waals surface area contributed by atoms with Gasteiger partial charge >= 0.3 is 0 Å². The van der Waals surface area contributed by atoms with E-state index in [1.165, 1.54) is 0 Å². The van der Waals surface area contributed by atoms with Crippen LogP contribution in [-0.4, -0.2) is 63.0 Å². The van der Waals surface area contributed by atoms with Crippen LogP contribution in [0.15, 0.2) is 18.5 Å². The van der Waals surface area contributed by atoms with E-state index in [2.05, 4.69) is 15.2 Å². The van der Waals surface area contributed by atoms with Crippen LogP contribution in [0.25, 0.3) is 10.9 Å². The van der Waals surface area contributed by atoms with Crippen LogP contribution in [0.3, 0.4) is 0 Å². The van der Waals surface area contributed by atoms with Gasteiger partial charge in [-0.15, -0.1) is 0 Å². The highest BCUT2D eigenvalue weighted by Gasteiger charge is 2.25. The minimum Gasteiger partial charge on any atom is -0.339 e. The monoisotopic (exact) mass is 273 g/mol. The number of hydrogen-bond acceptors (Lipinski definition) is 4. The molecule has 2 amide bonds. The third-order valence-electron chi connectivity index (χ3n) is 3.58. The summed E-state index contributed by atoms with van der Waals surface area (Å²) in [7, 11) is 0. The summed E-state index contributed by atoms with van der Waals surface area (Å²) in [5.41, 5.74) is 1.19. The molecule has 20 heavy (non-hydrogen) atoms. The van der Waals surface area contributed by atoms with Crippen molar-refractivity contribution in [2.75, 3.05) is 26.2 Å². The maximum absolute atomic E-state index is 12.5. The van der Waals surface area contributed by atoms with Gasteiger partial charge in [0.15, 0.2) is 5.69 Å². The molecule has 3 heterocycles. The molecule has 2 aromatic rings. The number of carbonyl (C=O) groups excluding carboxylic acids is 2. The van der Waals surface area contributed by atoms with E-state index in [0.717, 1.165) is 10.9 Å². The Balaban J connectivity index is 1.78. The molecular weight excluding hydrogens is 258 g/mol. The number of aromatic nitrogens is 3. The maximum atomic E-state index is 12.5. The number of amides is 2. The van der Waals surface area contributed by atoms with E-state index in [1.807, 2.05) is 0 Å². The molecule has 0 bridgehead atoms. The first-order valence-electron chi connectivity index (χ1n) is 6.49. The molecule has 1 aliphatic heterocycles. The lowest BCUT2D eigenvalue weighted by Crippen LogP contribution is -2.50. The van der Waals surface area contributed by atoms with E-state index < -0.39 is 0 Å². The quantitative estimate of drug-likeness (QED) is 0.808. The number of hydrogen-bond donors (Lipinski definition) is 1. The van der Waals surface area contributed by atoms with Gasteiger partial charge in [-0.05, 0) is 6.07 Å². The van der Waals surface area contributed by atoms with Crippen LogP contribution >= 0.6 is 0 Å². The molecule has 0 aliphatic carbocycles. The molecule has 1 saturated heterocycles. The van der Waals surface area contributed by atoms with Gasteiger partial charge in [-0.3, -0.25) is 19.7 Å². The van der Waals surface area contributed by atoms with Gasteiger partial charge in [0.05, 0.1) is 10.9 Å². The molecule has 1 aliphatic rings. The smallest absolute Gasteiger partial charge is 0.275 e. The second-order valence-corrected chi connectivity index (χ2v) is 4.79. The number of nitrogens with zero attached hydrogens (tertiary/aromatic N) is 4. The molecule has 1 fully saturated rings. The zero-order chi connectivity index (χ0) is 14.1. The molecule has 0 unspecified atom stereocenters. The van der Waals surface area contributed by atoms with E-state index in [4.69, 9.17) is 0 Å². The lowest BCUT2D eigenvalue weighted by molar-refractivity contribution is -0.130. The number of fused-ring (bicyclic) bond motifs is 1. The number of aromatic amines is 1. The summed E-state index contributed by atoms with van der Waals surface area (Å²) < 4.78 is 0. The van der Waals surface area contributed by atoms with Crippen molar-refractivity contribution in [1.29, 1.82) is 0 Å². The largest absolute Gasteiger partial charge is 0.339 e. The zero-order valence-electron chi connectivity index (χ0n) is 11.2. The van der Waals surface area contributed by atoms with Gasteiger partial charge in [0.2, 0.25) is 5.91 Å². The SMILES string of the molecule is CC(=O)N1CCN(C(=O)c2n[nH]c3ccncc23)CC1. The Morgan fingerprint density at radius 3 is 2.60 bits per heavy atom. The molecule has 2 aromatic heterocycles. The summed E-state index contributed by atoms with van der Waals surface area (Å²) in [6.45, 7) is 3.76. The third-order valence-corrected chi connectivity index (χ3v) is 3.58. The van der Waals surface area contributed by atoms with Crippen molar-refractivity contribution < 1.29 is 9.59 Å². The molecule has 0 radical (unpaired) electrons. The van der Waals surface area contributed by atoms with Crippen molar-refractivity contribution in [2.24, 2.45) is 0 Å². The van der Waals surface area contributed by atoms with Crippen molar-refractivity contribution in [1.82, 2.24) is 25.0 Å². The number of nitrogens with one attached hydrogen (secondary N) is 1. The normalized spacial score (nSPS) is 15.7. The van der Waals surface area contributed by atoms with Gasteiger partial charge in [-0.1, -0.05) is 0 Å². The summed E-state index contributed by atoms with van der Waals surface area (Å²) in [6, 6.07) is 1.78. The molecule has 0 atom stereocenters. The Morgan fingerprint density at radius 1 is 1.20 bits per heavy atom. The highest BCUT2D eigenvalue weighted by Crippen LogP contribution is 2.16. The van der Waals surface area contributed by atoms with Gasteiger partial charge < -0.3 is 9.80 Å². The summed E-state index contributed by atoms with van der Waals surface area (Å²) in [6.07, 6.45) is 3.29. The van der Waals surface area contributed by atoms with Gasteiger partial charge in [0.1, 0.15) is 0 Å². The molecule has 1 N–H and O–H groups in total. The second-order valence-electron chi connectivity index (χ2n) is 4.79. The van der Waals surface area contributed by atoms with E-state index in [0.29, 0.717) is 31.9 Å². The molecule has 7 nitrogen and oxygen atoms in total. The van der Waals surface area contributed by atoms with Crippen LogP contribution in [-0.2, 0) is 4.79 Å². The average Bonchev–Trinajstić information content (AvgIpc) is 2.90. The predicted molar refractivity (Wildman–Crippen MR) is 72.0 cm³/mol. The molecule has 0 aromatic carbocycles. The molecule has 0 saturated carbocycles. The second kappa shape index (κ2) is 4.92. The number of H-pyrrole nitrogens is 1. The highest BCUT2D eigenvalue weighted by molar-refractivity contribution is 6.04. The Morgan fingerprint density at radius 2 is 1.90 bits per heavy atom. The average molecular weight is 273 g/mol. The predicted octanol–water partition coefficient (Wildman–Crippen LogP) is 0.262. The van der Waals surface area contributed by atoms with Gasteiger partial charge in [-0.25, -0.2) is 0 Å². The molecule has 104 valence electrons. The van der Waals surface area contributed by atoms with Crippen LogP contribution < -0.4 is 0 Å². The zero-order valence-corrected chi connectivity index (χ0v) is 11.2. The Hall–Kier alpha value is -2.44. The Bertz CT molecular complexity index is 658. The highest BCUT2D eigenvalue weighted by atomic mass is 16.2. The third kappa shape index (κ3) is 2.11.